The molecule has 12 nitrogen and oxygen atoms in total. The number of nitrogens with one attached hydrogen (secondary N) is 2. The maximum Gasteiger partial charge on any atom is 0.459 e. The molecule has 1 aromatic carbocycles. The van der Waals surface area contributed by atoms with Gasteiger partial charge in [-0.1, -0.05) is 45.7 Å². The van der Waals surface area contributed by atoms with Crippen LogP contribution in [-0.2, 0) is 23.4 Å². The highest BCUT2D eigenvalue weighted by Crippen LogP contribution is 2.50. The third kappa shape index (κ3) is 7.04. The number of hydrogen-bond donors (Lipinski definition) is 3. The number of aliphatic hydroxyl groups is 1. The lowest BCUT2D eigenvalue weighted by atomic mass is 10.2. The van der Waals surface area contributed by atoms with Crippen LogP contribution in [0.4, 0.5) is 0 Å². The van der Waals surface area contributed by atoms with E-state index in [4.69, 9.17) is 30.1 Å². The van der Waals surface area contributed by atoms with E-state index in [0.29, 0.717) is 0 Å². The first kappa shape index (κ1) is 27.6. The van der Waals surface area contributed by atoms with Crippen molar-refractivity contribution in [1.29, 1.82) is 0 Å². The predicted octanol–water partition coefficient (Wildman–Crippen LogP) is 1.87. The Labute approximate surface area is 213 Å². The fraction of sp³-hybridized carbons (Fsp3) is 0.450. The highest BCUT2D eigenvalue weighted by Gasteiger charge is 2.55. The number of aromatic nitrogens is 2. The topological polar surface area (TPSA) is 158 Å². The Balaban J connectivity index is 1.76. The quantitative estimate of drug-likeness (QED) is 0.210. The van der Waals surface area contributed by atoms with Gasteiger partial charge in [-0.2, -0.15) is 0 Å². The molecule has 2 aromatic rings. The Morgan fingerprint density at radius 2 is 2.03 bits per heavy atom. The van der Waals surface area contributed by atoms with E-state index in [1.807, 2.05) is 0 Å². The van der Waals surface area contributed by atoms with Gasteiger partial charge in [-0.15, -0.1) is 0 Å². The third-order valence-corrected chi connectivity index (χ3v) is 7.40. The van der Waals surface area contributed by atoms with Gasteiger partial charge in [0, 0.05) is 12.3 Å². The molecule has 0 aliphatic carbocycles. The average molecular weight is 597 g/mol. The number of H-pyrrole nitrogens is 1. The van der Waals surface area contributed by atoms with Crippen LogP contribution in [0.25, 0.3) is 0 Å². The molecule has 0 saturated carbocycles. The number of aliphatic hydroxyl groups excluding tert-OH is 1. The van der Waals surface area contributed by atoms with Gasteiger partial charge in [0.2, 0.25) is 0 Å². The third-order valence-electron chi connectivity index (χ3n) is 4.64. The van der Waals surface area contributed by atoms with Crippen LogP contribution in [0.5, 0.6) is 5.75 Å². The standard InChI is InChI=1S/C20H24BrClN3O9P/c1-12(2)32-16(27)10-23-35(30,34-13-6-4-3-5-7-13)31-11-14-17(28)20(21,22)18(33-14)25-9-8-15(26)24-19(25)29/h3-9,12,14,17-18,28H,10-11H2,1-2H3,(H,23,30)(H,24,26,29)/t14-,17-,18-,20+,35?/m1/s1. The SMILES string of the molecule is CC(C)OC(=O)CNP(=O)(OC[C@H]1O[C@@H](n2ccc(=O)[nH]c2=O)[C@](Cl)(Br)[C@@H]1O)Oc1ccccc1. The van der Waals surface area contributed by atoms with Gasteiger partial charge in [0.15, 0.2) is 10.0 Å². The summed E-state index contributed by atoms with van der Waals surface area (Å²) in [5.74, 6) is -0.492. The molecule has 0 amide bonds. The molecule has 1 fully saturated rings. The van der Waals surface area contributed by atoms with Gasteiger partial charge < -0.3 is 19.1 Å². The number of halogens is 2. The van der Waals surface area contributed by atoms with Crippen molar-refractivity contribution in [2.45, 2.75) is 42.2 Å². The summed E-state index contributed by atoms with van der Waals surface area (Å²) < 4.78 is 34.4. The van der Waals surface area contributed by atoms with Crippen molar-refractivity contribution in [3.05, 3.63) is 63.4 Å². The molecule has 0 bridgehead atoms. The highest BCUT2D eigenvalue weighted by atomic mass is 79.9. The average Bonchev–Trinajstić information content (AvgIpc) is 3.00. The maximum atomic E-state index is 13.4. The van der Waals surface area contributed by atoms with Crippen LogP contribution in [0.1, 0.15) is 20.1 Å². The summed E-state index contributed by atoms with van der Waals surface area (Å²) in [4.78, 5) is 37.6. The fourth-order valence-electron chi connectivity index (χ4n) is 3.08. The summed E-state index contributed by atoms with van der Waals surface area (Å²) >= 11 is 9.57. The first-order valence-electron chi connectivity index (χ1n) is 10.4. The Bertz CT molecular complexity index is 1190. The lowest BCUT2D eigenvalue weighted by molar-refractivity contribution is -0.146. The number of hydrogen-bond acceptors (Lipinski definition) is 9. The van der Waals surface area contributed by atoms with Gasteiger partial charge in [-0.05, 0) is 26.0 Å². The molecule has 0 spiro atoms. The molecule has 1 aliphatic heterocycles. The predicted molar refractivity (Wildman–Crippen MR) is 129 cm³/mol. The number of alkyl halides is 2. The largest absolute Gasteiger partial charge is 0.462 e. The monoisotopic (exact) mass is 595 g/mol. The van der Waals surface area contributed by atoms with Gasteiger partial charge in [-0.25, -0.2) is 14.4 Å². The van der Waals surface area contributed by atoms with E-state index in [1.165, 1.54) is 12.1 Å². The van der Waals surface area contributed by atoms with E-state index in [9.17, 15) is 24.1 Å². The van der Waals surface area contributed by atoms with Crippen molar-refractivity contribution in [1.82, 2.24) is 14.6 Å². The van der Waals surface area contributed by atoms with Gasteiger partial charge in [0.1, 0.15) is 24.5 Å². The van der Waals surface area contributed by atoms with Gasteiger partial charge in [0.25, 0.3) is 5.56 Å². The Kier molecular flexibility index (Phi) is 8.97. The maximum absolute atomic E-state index is 13.4. The number of benzene rings is 1. The summed E-state index contributed by atoms with van der Waals surface area (Å²) in [7, 11) is -4.18. The molecule has 35 heavy (non-hydrogen) atoms. The molecule has 1 aromatic heterocycles. The molecular formula is C20H24BrClN3O9P. The summed E-state index contributed by atoms with van der Waals surface area (Å²) in [6.45, 7) is 2.34. The van der Waals surface area contributed by atoms with Crippen molar-refractivity contribution >= 4 is 41.2 Å². The molecule has 2 heterocycles. The molecule has 3 N–H and O–H groups in total. The number of rotatable bonds is 10. The van der Waals surface area contributed by atoms with Crippen LogP contribution >= 0.6 is 35.3 Å². The van der Waals surface area contributed by atoms with Crippen molar-refractivity contribution in [3.8, 4) is 5.75 Å². The summed E-state index contributed by atoms with van der Waals surface area (Å²) in [5.41, 5.74) is -1.44. The Morgan fingerprint density at radius 3 is 2.66 bits per heavy atom. The Morgan fingerprint density at radius 1 is 1.34 bits per heavy atom. The zero-order chi connectivity index (χ0) is 25.8. The van der Waals surface area contributed by atoms with Crippen molar-refractivity contribution in [2.75, 3.05) is 13.2 Å². The molecule has 15 heteroatoms. The number of ether oxygens (including phenoxy) is 2. The second-order valence-electron chi connectivity index (χ2n) is 7.73. The molecule has 3 rings (SSSR count). The molecule has 1 aliphatic rings. The molecule has 192 valence electrons. The minimum Gasteiger partial charge on any atom is -0.462 e. The second-order valence-corrected chi connectivity index (χ2v) is 11.9. The summed E-state index contributed by atoms with van der Waals surface area (Å²) in [6.07, 6.45) is -3.13. The minimum atomic E-state index is -4.18. The van der Waals surface area contributed by atoms with Crippen molar-refractivity contribution in [3.63, 3.8) is 0 Å². The van der Waals surface area contributed by atoms with E-state index in [0.717, 1.165) is 16.8 Å². The number of carbonyl (C=O) groups is 1. The lowest BCUT2D eigenvalue weighted by Crippen LogP contribution is -2.41. The van der Waals surface area contributed by atoms with Crippen LogP contribution in [0.15, 0.2) is 52.2 Å². The second kappa shape index (κ2) is 11.4. The molecular weight excluding hydrogens is 573 g/mol. The zero-order valence-electron chi connectivity index (χ0n) is 18.6. The normalized spacial score (nSPS) is 25.8. The van der Waals surface area contributed by atoms with E-state index < -0.39 is 60.3 Å². The van der Waals surface area contributed by atoms with Crippen molar-refractivity contribution in [2.24, 2.45) is 0 Å². The van der Waals surface area contributed by atoms with E-state index in [2.05, 4.69) is 26.0 Å². The number of carbonyl (C=O) groups excluding carboxylic acids is 1. The highest BCUT2D eigenvalue weighted by molar-refractivity contribution is 9.10. The molecule has 5 atom stereocenters. The van der Waals surface area contributed by atoms with Crippen LogP contribution in [-0.4, -0.2) is 55.9 Å². The van der Waals surface area contributed by atoms with Crippen molar-refractivity contribution < 1.29 is 33.0 Å². The first-order valence-corrected chi connectivity index (χ1v) is 13.1. The van der Waals surface area contributed by atoms with Gasteiger partial charge >= 0.3 is 19.4 Å². The summed E-state index contributed by atoms with van der Waals surface area (Å²) in [6, 6.07) is 9.18. The zero-order valence-corrected chi connectivity index (χ0v) is 21.9. The van der Waals surface area contributed by atoms with Crippen LogP contribution in [0.3, 0.4) is 0 Å². The van der Waals surface area contributed by atoms with Crippen LogP contribution < -0.4 is 20.9 Å². The number of para-hydroxylation sites is 1. The smallest absolute Gasteiger partial charge is 0.459 e. The first-order chi connectivity index (χ1) is 16.4. The van der Waals surface area contributed by atoms with E-state index in [-0.39, 0.29) is 11.9 Å². The van der Waals surface area contributed by atoms with Gasteiger partial charge in [0.05, 0.1) is 12.7 Å². The van der Waals surface area contributed by atoms with Crippen LogP contribution in [0, 0.1) is 0 Å². The number of esters is 1. The van der Waals surface area contributed by atoms with Gasteiger partial charge in [-0.3, -0.25) is 23.7 Å². The fourth-order valence-corrected chi connectivity index (χ4v) is 5.27. The molecule has 1 saturated heterocycles. The van der Waals surface area contributed by atoms with E-state index in [1.54, 1.807) is 32.0 Å². The molecule has 1 unspecified atom stereocenters. The molecule has 0 radical (unpaired) electrons. The lowest BCUT2D eigenvalue weighted by Gasteiger charge is -2.24. The Hall–Kier alpha value is -1.99. The van der Waals surface area contributed by atoms with Crippen LogP contribution in [0.2, 0.25) is 0 Å². The van der Waals surface area contributed by atoms with E-state index >= 15 is 0 Å². The number of nitrogens with zero attached hydrogens (tertiary/aromatic N) is 1. The summed E-state index contributed by atoms with van der Waals surface area (Å²) in [5, 5.41) is 13.1. The minimum absolute atomic E-state index is 0.193. The number of aromatic amines is 1.